The number of carboxylic acids is 1. The molecular weight excluding hydrogens is 270 g/mol. The highest BCUT2D eigenvalue weighted by Gasteiger charge is 2.15. The Morgan fingerprint density at radius 2 is 2.11 bits per heavy atom. The van der Waals surface area contributed by atoms with E-state index in [4.69, 9.17) is 5.11 Å². The van der Waals surface area contributed by atoms with Crippen molar-refractivity contribution in [3.05, 3.63) is 0 Å². The van der Waals surface area contributed by atoms with E-state index in [1.807, 2.05) is 0 Å². The Hall–Kier alpha value is -0.820. The van der Waals surface area contributed by atoms with Gasteiger partial charge in [-0.25, -0.2) is 0 Å². The number of hydrogen-bond donors (Lipinski definition) is 2. The molecule has 1 aromatic rings. The smallest absolute Gasteiger partial charge is 0.313 e. The molecule has 0 radical (unpaired) electrons. The first-order chi connectivity index (χ1) is 8.56. The monoisotopic (exact) mass is 289 g/mol. The van der Waals surface area contributed by atoms with Gasteiger partial charge in [-0.1, -0.05) is 49.8 Å². The van der Waals surface area contributed by atoms with Gasteiger partial charge in [-0.3, -0.25) is 4.79 Å². The Balaban J connectivity index is 2.50. The summed E-state index contributed by atoms with van der Waals surface area (Å²) in [5.41, 5.74) is 0. The number of anilines is 1. The van der Waals surface area contributed by atoms with Gasteiger partial charge in [-0.2, -0.15) is 0 Å². The minimum atomic E-state index is -0.838. The van der Waals surface area contributed by atoms with E-state index in [9.17, 15) is 4.79 Å². The summed E-state index contributed by atoms with van der Waals surface area (Å²) in [6.07, 6.45) is 2.26. The van der Waals surface area contributed by atoms with Crippen LogP contribution in [0.5, 0.6) is 0 Å². The average molecular weight is 289 g/mol. The summed E-state index contributed by atoms with van der Waals surface area (Å²) < 4.78 is 0.691. The van der Waals surface area contributed by atoms with E-state index in [-0.39, 0.29) is 5.75 Å². The number of nitrogens with one attached hydrogen (secondary N) is 1. The second kappa shape index (κ2) is 7.58. The van der Waals surface area contributed by atoms with E-state index in [0.29, 0.717) is 16.3 Å². The fourth-order valence-corrected chi connectivity index (χ4v) is 3.33. The zero-order chi connectivity index (χ0) is 13.5. The van der Waals surface area contributed by atoms with Gasteiger partial charge >= 0.3 is 5.97 Å². The Labute approximate surface area is 115 Å². The van der Waals surface area contributed by atoms with Crippen LogP contribution in [0.2, 0.25) is 0 Å². The van der Waals surface area contributed by atoms with Crippen molar-refractivity contribution in [2.24, 2.45) is 5.92 Å². The molecule has 102 valence electrons. The van der Waals surface area contributed by atoms with Crippen molar-refractivity contribution in [3.8, 4) is 0 Å². The average Bonchev–Trinajstić information content (AvgIpc) is 2.75. The molecule has 0 saturated carbocycles. The van der Waals surface area contributed by atoms with Crippen LogP contribution in [0.3, 0.4) is 0 Å². The lowest BCUT2D eigenvalue weighted by Gasteiger charge is -2.21. The van der Waals surface area contributed by atoms with E-state index < -0.39 is 5.97 Å². The highest BCUT2D eigenvalue weighted by Crippen LogP contribution is 2.27. The second-order valence-corrected chi connectivity index (χ2v) is 6.27. The summed E-state index contributed by atoms with van der Waals surface area (Å²) in [7, 11) is 0. The molecule has 1 atom stereocenters. The lowest BCUT2D eigenvalue weighted by Crippen LogP contribution is -2.24. The molecule has 18 heavy (non-hydrogen) atoms. The molecule has 0 aromatic carbocycles. The first-order valence-electron chi connectivity index (χ1n) is 6.01. The summed E-state index contributed by atoms with van der Waals surface area (Å²) >= 11 is 2.61. The molecule has 1 rings (SSSR count). The first kappa shape index (κ1) is 15.2. The molecule has 0 fully saturated rings. The van der Waals surface area contributed by atoms with Gasteiger partial charge in [0, 0.05) is 6.04 Å². The molecule has 0 amide bonds. The maximum absolute atomic E-state index is 10.4. The fraction of sp³-hybridized carbons (Fsp3) is 0.727. The molecule has 1 unspecified atom stereocenters. The van der Waals surface area contributed by atoms with Gasteiger partial charge < -0.3 is 10.4 Å². The summed E-state index contributed by atoms with van der Waals surface area (Å²) in [6.45, 7) is 6.50. The third kappa shape index (κ3) is 4.81. The number of thioether (sulfide) groups is 1. The summed E-state index contributed by atoms with van der Waals surface area (Å²) in [6, 6.07) is 0.352. The van der Waals surface area contributed by atoms with Gasteiger partial charge in [-0.15, -0.1) is 10.2 Å². The molecule has 1 aromatic heterocycles. The summed E-state index contributed by atoms with van der Waals surface area (Å²) in [5, 5.41) is 20.7. The van der Waals surface area contributed by atoms with E-state index in [2.05, 4.69) is 36.3 Å². The number of carboxylic acid groups (broad SMARTS) is 1. The maximum Gasteiger partial charge on any atom is 0.313 e. The minimum absolute atomic E-state index is 0.0245. The normalized spacial score (nSPS) is 12.7. The molecule has 0 spiro atoms. The van der Waals surface area contributed by atoms with Crippen molar-refractivity contribution in [2.75, 3.05) is 11.1 Å². The van der Waals surface area contributed by atoms with E-state index >= 15 is 0 Å². The van der Waals surface area contributed by atoms with E-state index in [1.54, 1.807) is 0 Å². The first-order valence-corrected chi connectivity index (χ1v) is 7.81. The van der Waals surface area contributed by atoms with Gasteiger partial charge in [0.15, 0.2) is 4.34 Å². The molecule has 1 heterocycles. The van der Waals surface area contributed by atoms with Crippen LogP contribution in [0, 0.1) is 5.92 Å². The van der Waals surface area contributed by atoms with Crippen molar-refractivity contribution in [1.82, 2.24) is 10.2 Å². The standard InChI is InChI=1S/C11H19N3O2S2/c1-4-8(5-2)7(3)12-10-13-14-11(18-10)17-6-9(15)16/h7-8H,4-6H2,1-3H3,(H,12,13)(H,15,16). The number of nitrogens with zero attached hydrogens (tertiary/aromatic N) is 2. The second-order valence-electron chi connectivity index (χ2n) is 4.07. The molecule has 0 aliphatic heterocycles. The maximum atomic E-state index is 10.4. The molecule has 7 heteroatoms. The summed E-state index contributed by atoms with van der Waals surface area (Å²) in [4.78, 5) is 10.4. The fourth-order valence-electron chi connectivity index (χ4n) is 1.76. The molecule has 5 nitrogen and oxygen atoms in total. The van der Waals surface area contributed by atoms with Crippen LogP contribution in [0.25, 0.3) is 0 Å². The van der Waals surface area contributed by atoms with Gasteiger partial charge in [0.1, 0.15) is 0 Å². The van der Waals surface area contributed by atoms with E-state index in [0.717, 1.165) is 18.0 Å². The van der Waals surface area contributed by atoms with Crippen LogP contribution in [0.4, 0.5) is 5.13 Å². The third-order valence-corrected chi connectivity index (χ3v) is 4.81. The topological polar surface area (TPSA) is 75.1 Å². The minimum Gasteiger partial charge on any atom is -0.481 e. The van der Waals surface area contributed by atoms with Crippen molar-refractivity contribution in [3.63, 3.8) is 0 Å². The Kier molecular flexibility index (Phi) is 6.42. The van der Waals surface area contributed by atoms with Crippen LogP contribution in [-0.2, 0) is 4.79 Å². The Morgan fingerprint density at radius 3 is 2.67 bits per heavy atom. The Bertz CT molecular complexity index is 380. The molecule has 2 N–H and O–H groups in total. The Morgan fingerprint density at radius 1 is 1.44 bits per heavy atom. The van der Waals surface area contributed by atoms with Crippen molar-refractivity contribution in [2.45, 2.75) is 44.0 Å². The lowest BCUT2D eigenvalue weighted by molar-refractivity contribution is -0.133. The van der Waals surface area contributed by atoms with Crippen LogP contribution in [-0.4, -0.2) is 33.1 Å². The largest absolute Gasteiger partial charge is 0.481 e. The zero-order valence-electron chi connectivity index (χ0n) is 10.8. The SMILES string of the molecule is CCC(CC)C(C)Nc1nnc(SCC(=O)O)s1. The lowest BCUT2D eigenvalue weighted by atomic mass is 9.96. The molecule has 0 aliphatic rings. The van der Waals surface area contributed by atoms with Crippen LogP contribution >= 0.6 is 23.1 Å². The van der Waals surface area contributed by atoms with Gasteiger partial charge in [0.05, 0.1) is 5.75 Å². The van der Waals surface area contributed by atoms with Gasteiger partial charge in [0.25, 0.3) is 0 Å². The highest BCUT2D eigenvalue weighted by atomic mass is 32.2. The predicted octanol–water partition coefficient (Wildman–Crippen LogP) is 2.95. The molecule has 0 bridgehead atoms. The quantitative estimate of drug-likeness (QED) is 0.717. The molecular formula is C11H19N3O2S2. The number of rotatable bonds is 8. The number of aromatic nitrogens is 2. The van der Waals surface area contributed by atoms with Crippen molar-refractivity contribution in [1.29, 1.82) is 0 Å². The van der Waals surface area contributed by atoms with Crippen LogP contribution in [0.1, 0.15) is 33.6 Å². The van der Waals surface area contributed by atoms with Crippen LogP contribution < -0.4 is 5.32 Å². The number of carbonyl (C=O) groups is 1. The molecule has 0 saturated heterocycles. The van der Waals surface area contributed by atoms with Gasteiger partial charge in [-0.05, 0) is 12.8 Å². The number of aliphatic carboxylic acids is 1. The van der Waals surface area contributed by atoms with Crippen molar-refractivity contribution >= 4 is 34.2 Å². The number of hydrogen-bond acceptors (Lipinski definition) is 6. The summed E-state index contributed by atoms with van der Waals surface area (Å²) in [5.74, 6) is -0.198. The van der Waals surface area contributed by atoms with Gasteiger partial charge in [0.2, 0.25) is 5.13 Å². The predicted molar refractivity (Wildman–Crippen MR) is 75.4 cm³/mol. The third-order valence-electron chi connectivity index (χ3n) is 2.83. The van der Waals surface area contributed by atoms with E-state index in [1.165, 1.54) is 23.1 Å². The molecule has 0 aliphatic carbocycles. The van der Waals surface area contributed by atoms with Crippen LogP contribution in [0.15, 0.2) is 4.34 Å². The zero-order valence-corrected chi connectivity index (χ0v) is 12.5. The highest BCUT2D eigenvalue weighted by molar-refractivity contribution is 8.01. The van der Waals surface area contributed by atoms with Crippen molar-refractivity contribution < 1.29 is 9.90 Å².